The van der Waals surface area contributed by atoms with Gasteiger partial charge in [0.25, 0.3) is 0 Å². The van der Waals surface area contributed by atoms with Crippen LogP contribution in [0.5, 0.6) is 0 Å². The monoisotopic (exact) mass is 267 g/mol. The summed E-state index contributed by atoms with van der Waals surface area (Å²) < 4.78 is 44.7. The van der Waals surface area contributed by atoms with Crippen LogP contribution < -0.4 is 5.73 Å². The second kappa shape index (κ2) is 5.66. The van der Waals surface area contributed by atoms with Crippen LogP contribution in [0.25, 0.3) is 0 Å². The van der Waals surface area contributed by atoms with Gasteiger partial charge in [0.15, 0.2) is 5.82 Å². The maximum atomic E-state index is 11.8. The van der Waals surface area contributed by atoms with Crippen LogP contribution in [-0.2, 0) is 17.6 Å². The lowest BCUT2D eigenvalue weighted by Gasteiger charge is -2.14. The van der Waals surface area contributed by atoms with Crippen LogP contribution >= 0.6 is 0 Å². The molecule has 104 valence electrons. The van der Waals surface area contributed by atoms with E-state index in [-0.39, 0.29) is 13.0 Å². The van der Waals surface area contributed by atoms with Crippen molar-refractivity contribution < 1.29 is 22.4 Å². The molecule has 1 aromatic rings. The smallest absolute Gasteiger partial charge is 0.372 e. The van der Waals surface area contributed by atoms with Crippen LogP contribution in [0.2, 0.25) is 0 Å². The van der Waals surface area contributed by atoms with Gasteiger partial charge in [0.2, 0.25) is 5.89 Å². The number of hydrogen-bond acceptors (Lipinski definition) is 5. The van der Waals surface area contributed by atoms with Gasteiger partial charge in [0.1, 0.15) is 6.61 Å². The number of rotatable bonds is 6. The average Bonchev–Trinajstić information content (AvgIpc) is 2.56. The summed E-state index contributed by atoms with van der Waals surface area (Å²) in [6.45, 7) is 2.24. The summed E-state index contributed by atoms with van der Waals surface area (Å²) in [5.41, 5.74) is 5.29. The lowest BCUT2D eigenvalue weighted by Crippen LogP contribution is -2.34. The third-order valence-electron chi connectivity index (χ3n) is 1.85. The standard InChI is InChI=1S/C10H16F3N3O2/c1-9(2,14)5-8-15-7(16-18-8)3-4-17-6-10(11,12)13/h3-6,14H2,1-2H3. The van der Waals surface area contributed by atoms with Crippen LogP contribution in [-0.4, -0.2) is 35.1 Å². The molecular weight excluding hydrogens is 251 g/mol. The van der Waals surface area contributed by atoms with Gasteiger partial charge in [-0.1, -0.05) is 5.16 Å². The van der Waals surface area contributed by atoms with Gasteiger partial charge >= 0.3 is 6.18 Å². The number of aromatic nitrogens is 2. The molecule has 0 atom stereocenters. The number of alkyl halides is 3. The van der Waals surface area contributed by atoms with Gasteiger partial charge in [-0.25, -0.2) is 0 Å². The molecule has 0 spiro atoms. The zero-order valence-electron chi connectivity index (χ0n) is 10.3. The number of hydrogen-bond donors (Lipinski definition) is 1. The van der Waals surface area contributed by atoms with E-state index in [9.17, 15) is 13.2 Å². The molecule has 0 aromatic carbocycles. The molecule has 0 unspecified atom stereocenters. The molecule has 0 radical (unpaired) electrons. The zero-order valence-corrected chi connectivity index (χ0v) is 10.3. The summed E-state index contributed by atoms with van der Waals surface area (Å²) >= 11 is 0. The highest BCUT2D eigenvalue weighted by atomic mass is 19.4. The maximum Gasteiger partial charge on any atom is 0.411 e. The van der Waals surface area contributed by atoms with E-state index in [4.69, 9.17) is 10.3 Å². The van der Waals surface area contributed by atoms with Crippen molar-refractivity contribution in [2.24, 2.45) is 5.73 Å². The zero-order chi connectivity index (χ0) is 13.8. The lowest BCUT2D eigenvalue weighted by atomic mass is 10.0. The van der Waals surface area contributed by atoms with E-state index in [0.29, 0.717) is 18.1 Å². The third-order valence-corrected chi connectivity index (χ3v) is 1.85. The fourth-order valence-corrected chi connectivity index (χ4v) is 1.20. The summed E-state index contributed by atoms with van der Waals surface area (Å²) in [5, 5.41) is 3.63. The summed E-state index contributed by atoms with van der Waals surface area (Å²) in [7, 11) is 0. The fraction of sp³-hybridized carbons (Fsp3) is 0.800. The van der Waals surface area contributed by atoms with Crippen molar-refractivity contribution in [1.82, 2.24) is 10.1 Å². The van der Waals surface area contributed by atoms with Crippen molar-refractivity contribution in [3.63, 3.8) is 0 Å². The quantitative estimate of drug-likeness (QED) is 0.790. The molecule has 1 rings (SSSR count). The van der Waals surface area contributed by atoms with E-state index in [1.165, 1.54) is 0 Å². The Hall–Kier alpha value is -1.15. The summed E-state index contributed by atoms with van der Waals surface area (Å²) in [6.07, 6.45) is -3.74. The molecule has 1 aromatic heterocycles. The molecule has 2 N–H and O–H groups in total. The highest BCUT2D eigenvalue weighted by molar-refractivity contribution is 4.92. The first kappa shape index (κ1) is 14.9. The minimum absolute atomic E-state index is 0.107. The van der Waals surface area contributed by atoms with E-state index < -0.39 is 18.3 Å². The molecule has 0 fully saturated rings. The fourth-order valence-electron chi connectivity index (χ4n) is 1.20. The lowest BCUT2D eigenvalue weighted by molar-refractivity contribution is -0.173. The van der Waals surface area contributed by atoms with Gasteiger partial charge in [0, 0.05) is 18.4 Å². The topological polar surface area (TPSA) is 74.2 Å². The third kappa shape index (κ3) is 6.55. The summed E-state index contributed by atoms with van der Waals surface area (Å²) in [5.74, 6) is 0.685. The Labute approximate surface area is 102 Å². The molecule has 0 aliphatic heterocycles. The predicted molar refractivity (Wildman–Crippen MR) is 56.8 cm³/mol. The molecule has 0 aliphatic rings. The van der Waals surface area contributed by atoms with Crippen molar-refractivity contribution >= 4 is 0 Å². The number of nitrogens with zero attached hydrogens (tertiary/aromatic N) is 2. The molecule has 0 bridgehead atoms. The van der Waals surface area contributed by atoms with Crippen molar-refractivity contribution in [3.8, 4) is 0 Å². The molecule has 0 aliphatic carbocycles. The predicted octanol–water partition coefficient (Wildman–Crippen LogP) is 1.47. The van der Waals surface area contributed by atoms with Crippen molar-refractivity contribution in [2.75, 3.05) is 13.2 Å². The molecule has 8 heteroatoms. The molecule has 5 nitrogen and oxygen atoms in total. The van der Waals surface area contributed by atoms with Crippen LogP contribution in [0.1, 0.15) is 25.6 Å². The van der Waals surface area contributed by atoms with E-state index in [2.05, 4.69) is 14.9 Å². The van der Waals surface area contributed by atoms with Crippen LogP contribution in [0.3, 0.4) is 0 Å². The van der Waals surface area contributed by atoms with E-state index in [0.717, 1.165) is 0 Å². The Morgan fingerprint density at radius 3 is 2.56 bits per heavy atom. The van der Waals surface area contributed by atoms with Crippen molar-refractivity contribution in [3.05, 3.63) is 11.7 Å². The van der Waals surface area contributed by atoms with Crippen LogP contribution in [0, 0.1) is 0 Å². The minimum atomic E-state index is -4.31. The molecule has 0 saturated carbocycles. The van der Waals surface area contributed by atoms with Crippen molar-refractivity contribution in [2.45, 2.75) is 38.4 Å². The van der Waals surface area contributed by atoms with Gasteiger partial charge in [-0.15, -0.1) is 0 Å². The number of halogens is 3. The average molecular weight is 267 g/mol. The highest BCUT2D eigenvalue weighted by Crippen LogP contribution is 2.14. The Morgan fingerprint density at radius 2 is 2.00 bits per heavy atom. The first-order valence-electron chi connectivity index (χ1n) is 5.40. The van der Waals surface area contributed by atoms with Crippen LogP contribution in [0.4, 0.5) is 13.2 Å². The molecule has 1 heterocycles. The normalized spacial score (nSPS) is 13.0. The Balaban J connectivity index is 2.32. The van der Waals surface area contributed by atoms with E-state index >= 15 is 0 Å². The molecule has 0 saturated heterocycles. The Morgan fingerprint density at radius 1 is 1.33 bits per heavy atom. The van der Waals surface area contributed by atoms with Gasteiger partial charge < -0.3 is 15.0 Å². The highest BCUT2D eigenvalue weighted by Gasteiger charge is 2.27. The largest absolute Gasteiger partial charge is 0.411 e. The van der Waals surface area contributed by atoms with Gasteiger partial charge in [-0.3, -0.25) is 0 Å². The Kier molecular flexibility index (Phi) is 4.69. The second-order valence-electron chi connectivity index (χ2n) is 4.69. The van der Waals surface area contributed by atoms with Crippen molar-refractivity contribution in [1.29, 1.82) is 0 Å². The van der Waals surface area contributed by atoms with Gasteiger partial charge in [0.05, 0.1) is 6.61 Å². The van der Waals surface area contributed by atoms with Crippen LogP contribution in [0.15, 0.2) is 4.52 Å². The first-order chi connectivity index (χ1) is 8.16. The first-order valence-corrected chi connectivity index (χ1v) is 5.40. The number of nitrogens with two attached hydrogens (primary N) is 1. The van der Waals surface area contributed by atoms with E-state index in [1.807, 2.05) is 13.8 Å². The molecule has 0 amide bonds. The molecular formula is C10H16F3N3O2. The SMILES string of the molecule is CC(C)(N)Cc1nc(CCOCC(F)(F)F)no1. The number of ether oxygens (including phenoxy) is 1. The molecule has 18 heavy (non-hydrogen) atoms. The second-order valence-corrected chi connectivity index (χ2v) is 4.69. The summed E-state index contributed by atoms with van der Waals surface area (Å²) in [4.78, 5) is 4.01. The van der Waals surface area contributed by atoms with Gasteiger partial charge in [-0.05, 0) is 13.8 Å². The van der Waals surface area contributed by atoms with Gasteiger partial charge in [-0.2, -0.15) is 18.2 Å². The Bertz CT molecular complexity index is 371. The summed E-state index contributed by atoms with van der Waals surface area (Å²) in [6, 6.07) is 0. The minimum Gasteiger partial charge on any atom is -0.372 e. The van der Waals surface area contributed by atoms with E-state index in [1.54, 1.807) is 0 Å². The maximum absolute atomic E-state index is 11.8.